The van der Waals surface area contributed by atoms with E-state index in [2.05, 4.69) is 16.5 Å². The van der Waals surface area contributed by atoms with Crippen molar-refractivity contribution in [3.8, 4) is 5.69 Å². The Kier molecular flexibility index (Phi) is 5.44. The van der Waals surface area contributed by atoms with E-state index in [4.69, 9.17) is 0 Å². The van der Waals surface area contributed by atoms with Gasteiger partial charge in [-0.05, 0) is 53.8 Å². The van der Waals surface area contributed by atoms with Crippen LogP contribution in [-0.2, 0) is 6.54 Å². The van der Waals surface area contributed by atoms with Crippen LogP contribution < -0.4 is 5.32 Å². The molecular formula is C21H19N5O3S. The number of thiophene rings is 1. The number of carbonyl (C=O) groups excluding carboxylic acids is 1. The van der Waals surface area contributed by atoms with E-state index < -0.39 is 4.92 Å². The Balaban J connectivity index is 1.41. The number of carbonyl (C=O) groups is 1. The van der Waals surface area contributed by atoms with Crippen molar-refractivity contribution in [2.45, 2.75) is 19.5 Å². The molecule has 1 unspecified atom stereocenters. The highest BCUT2D eigenvalue weighted by Crippen LogP contribution is 2.20. The molecule has 0 fully saturated rings. The number of nitrogens with one attached hydrogen (secondary N) is 1. The molecule has 8 nitrogen and oxygen atoms in total. The second kappa shape index (κ2) is 8.34. The maximum atomic E-state index is 12.7. The van der Waals surface area contributed by atoms with Gasteiger partial charge in [-0.3, -0.25) is 19.6 Å². The molecule has 0 aliphatic heterocycles. The smallest absolute Gasteiger partial charge is 0.307 e. The Bertz CT molecular complexity index is 1180. The first-order chi connectivity index (χ1) is 14.5. The predicted molar refractivity (Wildman–Crippen MR) is 114 cm³/mol. The van der Waals surface area contributed by atoms with Crippen molar-refractivity contribution in [3.05, 3.63) is 98.8 Å². The highest BCUT2D eigenvalue weighted by atomic mass is 32.1. The van der Waals surface area contributed by atoms with Crippen LogP contribution in [0.4, 0.5) is 5.69 Å². The van der Waals surface area contributed by atoms with Crippen LogP contribution in [0.25, 0.3) is 5.69 Å². The standard InChI is InChI=1S/C21H19N5O3S/c1-15(17-5-4-6-18(10-17)24-7-2-3-8-24)23-21(27)20-9-16(14-30-20)12-25-13-19(11-22-25)26(28)29/h2-11,13-15H,12H2,1H3,(H,23,27). The van der Waals surface area contributed by atoms with E-state index in [-0.39, 0.29) is 17.6 Å². The topological polar surface area (TPSA) is 95.0 Å². The third-order valence-corrected chi connectivity index (χ3v) is 5.65. The van der Waals surface area contributed by atoms with Crippen LogP contribution in [0.3, 0.4) is 0 Å². The zero-order chi connectivity index (χ0) is 21.1. The molecule has 0 spiro atoms. The van der Waals surface area contributed by atoms with Crippen LogP contribution >= 0.6 is 11.3 Å². The summed E-state index contributed by atoms with van der Waals surface area (Å²) in [5.74, 6) is -0.156. The molecule has 0 radical (unpaired) electrons. The van der Waals surface area contributed by atoms with E-state index in [0.29, 0.717) is 11.4 Å². The van der Waals surface area contributed by atoms with E-state index in [1.54, 1.807) is 6.07 Å². The minimum absolute atomic E-state index is 0.0563. The molecule has 1 N–H and O–H groups in total. The number of amides is 1. The molecule has 0 bridgehead atoms. The van der Waals surface area contributed by atoms with Gasteiger partial charge in [-0.2, -0.15) is 5.10 Å². The van der Waals surface area contributed by atoms with Crippen molar-refractivity contribution in [2.24, 2.45) is 0 Å². The fourth-order valence-corrected chi connectivity index (χ4v) is 3.92. The maximum absolute atomic E-state index is 12.7. The van der Waals surface area contributed by atoms with Crippen molar-refractivity contribution >= 4 is 22.9 Å². The summed E-state index contributed by atoms with van der Waals surface area (Å²) < 4.78 is 3.50. The fraction of sp³-hybridized carbons (Fsp3) is 0.143. The third kappa shape index (κ3) is 4.31. The quantitative estimate of drug-likeness (QED) is 0.358. The van der Waals surface area contributed by atoms with Gasteiger partial charge in [0.15, 0.2) is 0 Å². The first kappa shape index (κ1) is 19.6. The van der Waals surface area contributed by atoms with Crippen molar-refractivity contribution < 1.29 is 9.72 Å². The van der Waals surface area contributed by atoms with Crippen molar-refractivity contribution in [3.63, 3.8) is 0 Å². The molecule has 3 aromatic heterocycles. The Morgan fingerprint density at radius 2 is 2.07 bits per heavy atom. The lowest BCUT2D eigenvalue weighted by Gasteiger charge is -2.15. The van der Waals surface area contributed by atoms with Gasteiger partial charge in [-0.1, -0.05) is 12.1 Å². The lowest BCUT2D eigenvalue weighted by atomic mass is 10.1. The largest absolute Gasteiger partial charge is 0.345 e. The first-order valence-corrected chi connectivity index (χ1v) is 10.2. The molecule has 30 heavy (non-hydrogen) atoms. The van der Waals surface area contributed by atoms with Crippen molar-refractivity contribution in [1.29, 1.82) is 0 Å². The van der Waals surface area contributed by atoms with Crippen LogP contribution in [0.1, 0.15) is 33.8 Å². The number of nitro groups is 1. The molecule has 9 heteroatoms. The summed E-state index contributed by atoms with van der Waals surface area (Å²) in [5.41, 5.74) is 2.85. The Morgan fingerprint density at radius 3 is 2.80 bits per heavy atom. The number of aromatic nitrogens is 3. The van der Waals surface area contributed by atoms with Crippen LogP contribution in [0.15, 0.2) is 72.6 Å². The van der Waals surface area contributed by atoms with Crippen LogP contribution in [0, 0.1) is 10.1 Å². The number of hydrogen-bond acceptors (Lipinski definition) is 5. The minimum Gasteiger partial charge on any atom is -0.345 e. The Morgan fingerprint density at radius 1 is 1.27 bits per heavy atom. The number of nitrogens with zero attached hydrogens (tertiary/aromatic N) is 4. The summed E-state index contributed by atoms with van der Waals surface area (Å²) in [5, 5.41) is 19.6. The SMILES string of the molecule is CC(NC(=O)c1cc(Cn2cc([N+](=O)[O-])cn2)cs1)c1cccc(-n2cccc2)c1. The highest BCUT2D eigenvalue weighted by molar-refractivity contribution is 7.12. The van der Waals surface area contributed by atoms with Crippen LogP contribution in [0.5, 0.6) is 0 Å². The van der Waals surface area contributed by atoms with E-state index in [0.717, 1.165) is 16.8 Å². The molecule has 0 aliphatic carbocycles. The third-order valence-electron chi connectivity index (χ3n) is 4.67. The molecule has 4 aromatic rings. The van der Waals surface area contributed by atoms with Gasteiger partial charge in [0.05, 0.1) is 22.4 Å². The molecule has 1 amide bonds. The van der Waals surface area contributed by atoms with Gasteiger partial charge in [0.2, 0.25) is 0 Å². The van der Waals surface area contributed by atoms with Crippen molar-refractivity contribution in [1.82, 2.24) is 19.7 Å². The van der Waals surface area contributed by atoms with Crippen LogP contribution in [0.2, 0.25) is 0 Å². The van der Waals surface area contributed by atoms with Gasteiger partial charge in [-0.25, -0.2) is 0 Å². The van der Waals surface area contributed by atoms with Gasteiger partial charge >= 0.3 is 5.69 Å². The Hall–Kier alpha value is -3.72. The van der Waals surface area contributed by atoms with Gasteiger partial charge in [0, 0.05) is 18.1 Å². The average molecular weight is 421 g/mol. The molecule has 1 aromatic carbocycles. The number of benzene rings is 1. The lowest BCUT2D eigenvalue weighted by Crippen LogP contribution is -2.26. The van der Waals surface area contributed by atoms with E-state index >= 15 is 0 Å². The van der Waals surface area contributed by atoms with Gasteiger partial charge in [0.1, 0.15) is 12.4 Å². The molecule has 0 saturated carbocycles. The predicted octanol–water partition coefficient (Wildman–Crippen LogP) is 4.18. The molecule has 0 saturated heterocycles. The number of rotatable bonds is 7. The zero-order valence-corrected chi connectivity index (χ0v) is 17.0. The van der Waals surface area contributed by atoms with Gasteiger partial charge in [0.25, 0.3) is 5.91 Å². The normalized spacial score (nSPS) is 11.9. The molecular weight excluding hydrogens is 402 g/mol. The summed E-state index contributed by atoms with van der Waals surface area (Å²) in [6, 6.07) is 13.6. The fourth-order valence-electron chi connectivity index (χ4n) is 3.11. The summed E-state index contributed by atoms with van der Waals surface area (Å²) in [7, 11) is 0. The summed E-state index contributed by atoms with van der Waals surface area (Å²) >= 11 is 1.34. The second-order valence-corrected chi connectivity index (χ2v) is 7.76. The maximum Gasteiger partial charge on any atom is 0.307 e. The highest BCUT2D eigenvalue weighted by Gasteiger charge is 2.15. The average Bonchev–Trinajstić information content (AvgIpc) is 3.50. The summed E-state index contributed by atoms with van der Waals surface area (Å²) in [6.07, 6.45) is 6.54. The molecule has 4 rings (SSSR count). The monoisotopic (exact) mass is 421 g/mol. The summed E-state index contributed by atoms with van der Waals surface area (Å²) in [6.45, 7) is 2.32. The van der Waals surface area contributed by atoms with E-state index in [1.807, 2.05) is 59.6 Å². The molecule has 3 heterocycles. The van der Waals surface area contributed by atoms with E-state index in [1.165, 1.54) is 28.4 Å². The molecule has 1 atom stereocenters. The number of hydrogen-bond donors (Lipinski definition) is 1. The summed E-state index contributed by atoms with van der Waals surface area (Å²) in [4.78, 5) is 23.6. The van der Waals surface area contributed by atoms with Gasteiger partial charge in [-0.15, -0.1) is 11.3 Å². The first-order valence-electron chi connectivity index (χ1n) is 9.28. The van der Waals surface area contributed by atoms with Gasteiger partial charge < -0.3 is 9.88 Å². The Labute approximate surface area is 176 Å². The minimum atomic E-state index is -0.483. The zero-order valence-electron chi connectivity index (χ0n) is 16.1. The van der Waals surface area contributed by atoms with E-state index in [9.17, 15) is 14.9 Å². The molecule has 152 valence electrons. The molecule has 0 aliphatic rings. The lowest BCUT2D eigenvalue weighted by molar-refractivity contribution is -0.385. The van der Waals surface area contributed by atoms with Crippen molar-refractivity contribution in [2.75, 3.05) is 0 Å². The van der Waals surface area contributed by atoms with Crippen LogP contribution in [-0.4, -0.2) is 25.2 Å². The second-order valence-electron chi connectivity index (χ2n) is 6.85.